The first-order chi connectivity index (χ1) is 7.88. The Kier molecular flexibility index (Phi) is 3.34. The quantitative estimate of drug-likeness (QED) is 0.709. The van der Waals surface area contributed by atoms with Gasteiger partial charge in [-0.05, 0) is 46.0 Å². The van der Waals surface area contributed by atoms with E-state index in [-0.39, 0.29) is 12.1 Å². The molecule has 0 bridgehead atoms. The first-order valence-electron chi connectivity index (χ1n) is 6.58. The predicted octanol–water partition coefficient (Wildman–Crippen LogP) is 2.50. The monoisotopic (exact) mass is 241 g/mol. The molecule has 17 heavy (non-hydrogen) atoms. The summed E-state index contributed by atoms with van der Waals surface area (Å²) in [5.41, 5.74) is -0.496. The highest BCUT2D eigenvalue weighted by molar-refractivity contribution is 5.69. The summed E-state index contributed by atoms with van der Waals surface area (Å²) in [5, 5.41) is 10.0. The van der Waals surface area contributed by atoms with Gasteiger partial charge in [-0.3, -0.25) is 4.90 Å². The normalized spacial score (nSPS) is 33.4. The van der Waals surface area contributed by atoms with Gasteiger partial charge in [0.1, 0.15) is 11.8 Å². The maximum Gasteiger partial charge on any atom is 0.412 e. The SMILES string of the molecule is CC(C)(C)OC(=O)N1C(O)C[C@@H]2CCCC[C@@H]21. The Labute approximate surface area is 103 Å². The number of aliphatic hydroxyl groups is 1. The van der Waals surface area contributed by atoms with E-state index in [4.69, 9.17) is 4.74 Å². The molecule has 0 aromatic carbocycles. The molecule has 1 saturated heterocycles. The molecule has 1 aliphatic heterocycles. The maximum absolute atomic E-state index is 12.1. The number of hydrogen-bond donors (Lipinski definition) is 1. The van der Waals surface area contributed by atoms with Crippen LogP contribution in [-0.4, -0.2) is 34.0 Å². The molecule has 1 amide bonds. The van der Waals surface area contributed by atoms with E-state index in [0.29, 0.717) is 12.3 Å². The van der Waals surface area contributed by atoms with Crippen LogP contribution in [0.4, 0.5) is 4.79 Å². The lowest BCUT2D eigenvalue weighted by Crippen LogP contribution is -2.45. The van der Waals surface area contributed by atoms with Crippen molar-refractivity contribution in [2.45, 2.75) is 70.7 Å². The van der Waals surface area contributed by atoms with Crippen LogP contribution in [0.25, 0.3) is 0 Å². The molecular formula is C13H23NO3. The molecule has 0 aromatic rings. The molecule has 98 valence electrons. The average Bonchev–Trinajstić information content (AvgIpc) is 2.50. The van der Waals surface area contributed by atoms with Crippen LogP contribution in [0.3, 0.4) is 0 Å². The summed E-state index contributed by atoms with van der Waals surface area (Å²) < 4.78 is 5.37. The van der Waals surface area contributed by atoms with Gasteiger partial charge < -0.3 is 9.84 Å². The lowest BCUT2D eigenvalue weighted by molar-refractivity contribution is -0.0267. The molecule has 1 N–H and O–H groups in total. The van der Waals surface area contributed by atoms with Crippen LogP contribution in [-0.2, 0) is 4.74 Å². The largest absolute Gasteiger partial charge is 0.444 e. The van der Waals surface area contributed by atoms with Gasteiger partial charge in [0.05, 0.1) is 0 Å². The van der Waals surface area contributed by atoms with Crippen molar-refractivity contribution in [1.82, 2.24) is 4.90 Å². The third-order valence-electron chi connectivity index (χ3n) is 3.67. The zero-order valence-corrected chi connectivity index (χ0v) is 11.0. The Morgan fingerprint density at radius 1 is 1.29 bits per heavy atom. The van der Waals surface area contributed by atoms with Crippen molar-refractivity contribution in [3.63, 3.8) is 0 Å². The zero-order valence-electron chi connectivity index (χ0n) is 11.0. The summed E-state index contributed by atoms with van der Waals surface area (Å²) in [5.74, 6) is 0.464. The number of fused-ring (bicyclic) bond motifs is 1. The second-order valence-corrected chi connectivity index (χ2v) is 6.22. The number of ether oxygens (including phenoxy) is 1. The molecule has 0 spiro atoms. The molecule has 1 aliphatic carbocycles. The number of likely N-dealkylation sites (tertiary alicyclic amines) is 1. The van der Waals surface area contributed by atoms with Crippen LogP contribution in [0.15, 0.2) is 0 Å². The third kappa shape index (κ3) is 2.73. The minimum Gasteiger partial charge on any atom is -0.444 e. The van der Waals surface area contributed by atoms with Crippen LogP contribution < -0.4 is 0 Å². The van der Waals surface area contributed by atoms with Crippen LogP contribution in [0, 0.1) is 5.92 Å². The molecule has 1 heterocycles. The highest BCUT2D eigenvalue weighted by Gasteiger charge is 2.45. The molecule has 4 nitrogen and oxygen atoms in total. The third-order valence-corrected chi connectivity index (χ3v) is 3.67. The summed E-state index contributed by atoms with van der Waals surface area (Å²) in [6.07, 6.45) is 4.19. The van der Waals surface area contributed by atoms with Crippen molar-refractivity contribution in [2.75, 3.05) is 0 Å². The molecule has 2 fully saturated rings. The van der Waals surface area contributed by atoms with Gasteiger partial charge in [0.15, 0.2) is 0 Å². The molecule has 4 heteroatoms. The van der Waals surface area contributed by atoms with Gasteiger partial charge >= 0.3 is 6.09 Å². The first kappa shape index (κ1) is 12.7. The average molecular weight is 241 g/mol. The number of hydrogen-bond acceptors (Lipinski definition) is 3. The van der Waals surface area contributed by atoms with Crippen LogP contribution in [0.1, 0.15) is 52.9 Å². The lowest BCUT2D eigenvalue weighted by Gasteiger charge is -2.33. The number of amides is 1. The van der Waals surface area contributed by atoms with Crippen molar-refractivity contribution >= 4 is 6.09 Å². The predicted molar refractivity (Wildman–Crippen MR) is 64.4 cm³/mol. The van der Waals surface area contributed by atoms with E-state index in [1.54, 1.807) is 4.90 Å². The summed E-state index contributed by atoms with van der Waals surface area (Å²) >= 11 is 0. The number of aliphatic hydroxyl groups excluding tert-OH is 1. The van der Waals surface area contributed by atoms with Gasteiger partial charge in [-0.15, -0.1) is 0 Å². The zero-order chi connectivity index (χ0) is 12.6. The summed E-state index contributed by atoms with van der Waals surface area (Å²) in [7, 11) is 0. The fourth-order valence-electron chi connectivity index (χ4n) is 3.01. The van der Waals surface area contributed by atoms with E-state index in [1.165, 1.54) is 6.42 Å². The molecule has 1 unspecified atom stereocenters. The maximum atomic E-state index is 12.1. The van der Waals surface area contributed by atoms with E-state index < -0.39 is 11.8 Å². The fourth-order valence-corrected chi connectivity index (χ4v) is 3.01. The summed E-state index contributed by atoms with van der Waals surface area (Å²) in [4.78, 5) is 13.6. The minimum absolute atomic E-state index is 0.189. The number of carbonyl (C=O) groups excluding carboxylic acids is 1. The Morgan fingerprint density at radius 3 is 2.59 bits per heavy atom. The Hall–Kier alpha value is -0.770. The van der Waals surface area contributed by atoms with Gasteiger partial charge in [0.25, 0.3) is 0 Å². The van der Waals surface area contributed by atoms with Gasteiger partial charge in [-0.25, -0.2) is 4.79 Å². The van der Waals surface area contributed by atoms with Crippen LogP contribution >= 0.6 is 0 Å². The Balaban J connectivity index is 2.06. The summed E-state index contributed by atoms with van der Waals surface area (Å²) in [6, 6.07) is 0.189. The van der Waals surface area contributed by atoms with Crippen molar-refractivity contribution in [1.29, 1.82) is 0 Å². The number of nitrogens with zero attached hydrogens (tertiary/aromatic N) is 1. The smallest absolute Gasteiger partial charge is 0.412 e. The van der Waals surface area contributed by atoms with Crippen molar-refractivity contribution in [3.8, 4) is 0 Å². The molecule has 1 saturated carbocycles. The Morgan fingerprint density at radius 2 is 1.94 bits per heavy atom. The molecule has 2 aliphatic rings. The van der Waals surface area contributed by atoms with Gasteiger partial charge in [0, 0.05) is 6.04 Å². The highest BCUT2D eigenvalue weighted by Crippen LogP contribution is 2.39. The molecular weight excluding hydrogens is 218 g/mol. The lowest BCUT2D eigenvalue weighted by atomic mass is 9.85. The van der Waals surface area contributed by atoms with Gasteiger partial charge in [0.2, 0.25) is 0 Å². The minimum atomic E-state index is -0.655. The number of carbonyl (C=O) groups is 1. The topological polar surface area (TPSA) is 49.8 Å². The summed E-state index contributed by atoms with van der Waals surface area (Å²) in [6.45, 7) is 5.56. The molecule has 0 aromatic heterocycles. The fraction of sp³-hybridized carbons (Fsp3) is 0.923. The Bertz CT molecular complexity index is 298. The van der Waals surface area contributed by atoms with Gasteiger partial charge in [-0.2, -0.15) is 0 Å². The highest BCUT2D eigenvalue weighted by atomic mass is 16.6. The van der Waals surface area contributed by atoms with Crippen LogP contribution in [0.5, 0.6) is 0 Å². The second kappa shape index (κ2) is 4.48. The van der Waals surface area contributed by atoms with Crippen molar-refractivity contribution in [2.24, 2.45) is 5.92 Å². The molecule has 0 radical (unpaired) electrons. The second-order valence-electron chi connectivity index (χ2n) is 6.22. The van der Waals surface area contributed by atoms with Crippen molar-refractivity contribution in [3.05, 3.63) is 0 Å². The van der Waals surface area contributed by atoms with E-state index in [2.05, 4.69) is 0 Å². The van der Waals surface area contributed by atoms with E-state index in [1.807, 2.05) is 20.8 Å². The first-order valence-corrected chi connectivity index (χ1v) is 6.58. The van der Waals surface area contributed by atoms with E-state index in [9.17, 15) is 9.90 Å². The van der Waals surface area contributed by atoms with E-state index in [0.717, 1.165) is 19.3 Å². The van der Waals surface area contributed by atoms with Crippen molar-refractivity contribution < 1.29 is 14.6 Å². The molecule has 3 atom stereocenters. The van der Waals surface area contributed by atoms with Crippen LogP contribution in [0.2, 0.25) is 0 Å². The number of rotatable bonds is 0. The molecule has 2 rings (SSSR count). The standard InChI is InChI=1S/C13H23NO3/c1-13(2,3)17-12(16)14-10-7-5-4-6-9(10)8-11(14)15/h9-11,15H,4-8H2,1-3H3/t9-,10-,11?/m0/s1. The van der Waals surface area contributed by atoms with Gasteiger partial charge in [-0.1, -0.05) is 12.8 Å². The van der Waals surface area contributed by atoms with E-state index >= 15 is 0 Å².